The summed E-state index contributed by atoms with van der Waals surface area (Å²) in [6.07, 6.45) is 3.39. The maximum atomic E-state index is 13.5. The Bertz CT molecular complexity index is 1330. The highest BCUT2D eigenvalue weighted by Gasteiger charge is 2.37. The van der Waals surface area contributed by atoms with E-state index in [1.54, 1.807) is 15.5 Å². The van der Waals surface area contributed by atoms with Crippen LogP contribution in [0.15, 0.2) is 53.5 Å². The Morgan fingerprint density at radius 3 is 2.70 bits per heavy atom. The fourth-order valence-corrected chi connectivity index (χ4v) is 5.12. The number of aryl methyl sites for hydroxylation is 1. The summed E-state index contributed by atoms with van der Waals surface area (Å²) < 4.78 is 6.94. The summed E-state index contributed by atoms with van der Waals surface area (Å²) in [5, 5.41) is 12.0. The number of amides is 1. The van der Waals surface area contributed by atoms with Crippen LogP contribution in [0.4, 0.5) is 5.82 Å². The average molecular weight is 503 g/mol. The van der Waals surface area contributed by atoms with Crippen molar-refractivity contribution in [3.05, 3.63) is 75.7 Å². The molecule has 9 nitrogen and oxygen atoms in total. The van der Waals surface area contributed by atoms with Gasteiger partial charge >= 0.3 is 0 Å². The third-order valence-corrected chi connectivity index (χ3v) is 7.24. The number of amidine groups is 1. The van der Waals surface area contributed by atoms with Crippen LogP contribution in [0.5, 0.6) is 0 Å². The van der Waals surface area contributed by atoms with E-state index in [1.165, 1.54) is 0 Å². The maximum absolute atomic E-state index is 13.5. The molecule has 2 aliphatic heterocycles. The molecule has 0 spiro atoms. The number of nitrogens with one attached hydrogen (secondary N) is 2. The Kier molecular flexibility index (Phi) is 7.62. The van der Waals surface area contributed by atoms with E-state index in [-0.39, 0.29) is 23.7 Å². The second kappa shape index (κ2) is 11.2. The quantitative estimate of drug-likeness (QED) is 0.457. The molecule has 9 heteroatoms. The molecule has 1 saturated heterocycles. The van der Waals surface area contributed by atoms with Crippen molar-refractivity contribution in [3.63, 3.8) is 0 Å². The van der Waals surface area contributed by atoms with E-state index < -0.39 is 5.92 Å². The van der Waals surface area contributed by atoms with Crippen LogP contribution >= 0.6 is 0 Å². The van der Waals surface area contributed by atoms with Crippen molar-refractivity contribution in [3.8, 4) is 0 Å². The number of rotatable bonds is 8. The predicted molar refractivity (Wildman–Crippen MR) is 143 cm³/mol. The van der Waals surface area contributed by atoms with Crippen molar-refractivity contribution in [2.45, 2.75) is 26.2 Å². The number of carbonyl (C=O) groups excluding carboxylic acids is 1. The molecule has 37 heavy (non-hydrogen) atoms. The topological polar surface area (TPSA) is 103 Å². The number of anilines is 1. The minimum Gasteiger partial charge on any atom is -0.379 e. The molecular formula is C28H34N6O3. The summed E-state index contributed by atoms with van der Waals surface area (Å²) in [5.41, 5.74) is 2.90. The summed E-state index contributed by atoms with van der Waals surface area (Å²) in [5.74, 6) is -0.254. The lowest BCUT2D eigenvalue weighted by molar-refractivity contribution is -0.123. The van der Waals surface area contributed by atoms with Crippen molar-refractivity contribution in [2.75, 3.05) is 50.8 Å². The van der Waals surface area contributed by atoms with Gasteiger partial charge in [-0.1, -0.05) is 36.4 Å². The highest BCUT2D eigenvalue weighted by atomic mass is 16.5. The molecule has 1 unspecified atom stereocenters. The van der Waals surface area contributed by atoms with Gasteiger partial charge in [0.05, 0.1) is 24.7 Å². The maximum Gasteiger partial charge on any atom is 0.263 e. The smallest absolute Gasteiger partial charge is 0.263 e. The molecule has 1 amide bonds. The molecule has 0 radical (unpaired) electrons. The molecule has 2 aromatic heterocycles. The van der Waals surface area contributed by atoms with Crippen LogP contribution in [-0.4, -0.2) is 72.0 Å². The fraction of sp³-hybridized carbons (Fsp3) is 0.429. The molecule has 1 fully saturated rings. The van der Waals surface area contributed by atoms with Crippen LogP contribution in [-0.2, 0) is 22.4 Å². The number of benzene rings is 1. The van der Waals surface area contributed by atoms with E-state index >= 15 is 0 Å². The van der Waals surface area contributed by atoms with Crippen LogP contribution in [0, 0.1) is 18.3 Å². The molecule has 3 aromatic rings. The summed E-state index contributed by atoms with van der Waals surface area (Å²) in [7, 11) is 0. The molecule has 2 N–H and O–H groups in total. The van der Waals surface area contributed by atoms with Gasteiger partial charge in [0.1, 0.15) is 17.3 Å². The normalized spacial score (nSPS) is 18.1. The van der Waals surface area contributed by atoms with E-state index in [2.05, 4.69) is 10.2 Å². The number of ether oxygens (including phenoxy) is 1. The Balaban J connectivity index is 1.37. The van der Waals surface area contributed by atoms with Crippen molar-refractivity contribution < 1.29 is 9.53 Å². The standard InChI is InChI=1S/C28H34N6O3/c1-20-7-5-13-34-25(20)31-26-23(28(34)36)19-22(24(29)33(26)14-10-21-8-3-2-4-9-21)27(35)30-11-6-12-32-15-17-37-18-16-32/h2-5,7-9,13,22,29H,6,10-12,14-19H2,1H3,(H,30,35). The molecule has 0 aliphatic carbocycles. The van der Waals surface area contributed by atoms with Gasteiger partial charge in [-0.05, 0) is 43.5 Å². The molecule has 4 heterocycles. The zero-order valence-electron chi connectivity index (χ0n) is 21.3. The lowest BCUT2D eigenvalue weighted by atomic mass is 9.92. The van der Waals surface area contributed by atoms with E-state index in [9.17, 15) is 9.59 Å². The van der Waals surface area contributed by atoms with Gasteiger partial charge in [0.2, 0.25) is 5.91 Å². The average Bonchev–Trinajstić information content (AvgIpc) is 2.92. The van der Waals surface area contributed by atoms with Gasteiger partial charge in [0.15, 0.2) is 0 Å². The number of nitrogens with zero attached hydrogens (tertiary/aromatic N) is 4. The highest BCUT2D eigenvalue weighted by Crippen LogP contribution is 2.28. The van der Waals surface area contributed by atoms with Crippen molar-refractivity contribution in [1.29, 1.82) is 5.41 Å². The second-order valence-corrected chi connectivity index (χ2v) is 9.73. The first-order valence-corrected chi connectivity index (χ1v) is 13.0. The molecule has 0 bridgehead atoms. The Hall–Kier alpha value is -3.56. The number of hydrogen-bond acceptors (Lipinski definition) is 6. The van der Waals surface area contributed by atoms with Crippen LogP contribution in [0.1, 0.15) is 23.1 Å². The van der Waals surface area contributed by atoms with E-state index in [0.29, 0.717) is 36.5 Å². The van der Waals surface area contributed by atoms with Crippen molar-refractivity contribution in [1.82, 2.24) is 19.6 Å². The third kappa shape index (κ3) is 5.42. The summed E-state index contributed by atoms with van der Waals surface area (Å²) in [6.45, 7) is 7.15. The van der Waals surface area contributed by atoms with Gasteiger partial charge in [0.25, 0.3) is 5.56 Å². The lowest BCUT2D eigenvalue weighted by Gasteiger charge is -2.35. The lowest BCUT2D eigenvalue weighted by Crippen LogP contribution is -2.50. The number of pyridine rings is 1. The molecule has 5 rings (SSSR count). The highest BCUT2D eigenvalue weighted by molar-refractivity contribution is 6.11. The van der Waals surface area contributed by atoms with Gasteiger partial charge in [-0.2, -0.15) is 0 Å². The van der Waals surface area contributed by atoms with Gasteiger partial charge in [0, 0.05) is 38.8 Å². The van der Waals surface area contributed by atoms with E-state index in [1.807, 2.05) is 49.4 Å². The van der Waals surface area contributed by atoms with Gasteiger partial charge in [-0.25, -0.2) is 4.98 Å². The zero-order valence-corrected chi connectivity index (χ0v) is 21.3. The van der Waals surface area contributed by atoms with E-state index in [0.717, 1.165) is 50.4 Å². The Labute approximate surface area is 216 Å². The van der Waals surface area contributed by atoms with Crippen molar-refractivity contribution in [2.24, 2.45) is 5.92 Å². The second-order valence-electron chi connectivity index (χ2n) is 9.73. The van der Waals surface area contributed by atoms with Crippen LogP contribution < -0.4 is 15.8 Å². The number of morpholine rings is 1. The molecule has 0 saturated carbocycles. The number of hydrogen-bond donors (Lipinski definition) is 2. The largest absolute Gasteiger partial charge is 0.379 e. The number of fused-ring (bicyclic) bond motifs is 2. The zero-order chi connectivity index (χ0) is 25.8. The molecule has 1 aromatic carbocycles. The van der Waals surface area contributed by atoms with Gasteiger partial charge < -0.3 is 15.0 Å². The summed E-state index contributed by atoms with van der Waals surface area (Å²) in [4.78, 5) is 35.7. The Morgan fingerprint density at radius 2 is 1.92 bits per heavy atom. The van der Waals surface area contributed by atoms with Gasteiger partial charge in [-0.3, -0.25) is 24.3 Å². The van der Waals surface area contributed by atoms with Crippen molar-refractivity contribution >= 4 is 23.2 Å². The van der Waals surface area contributed by atoms with E-state index in [4.69, 9.17) is 15.1 Å². The van der Waals surface area contributed by atoms with Crippen LogP contribution in [0.25, 0.3) is 5.65 Å². The SMILES string of the molecule is Cc1cccn2c(=O)c3c(nc12)N(CCc1ccccc1)C(=N)C(C(=O)NCCCN1CCOCC1)C3. The minimum absolute atomic E-state index is 0.175. The molecule has 194 valence electrons. The first-order valence-electron chi connectivity index (χ1n) is 13.0. The molecule has 1 atom stereocenters. The first-order chi connectivity index (χ1) is 18.0. The first kappa shape index (κ1) is 25.1. The fourth-order valence-electron chi connectivity index (χ4n) is 5.12. The Morgan fingerprint density at radius 1 is 1.14 bits per heavy atom. The molecule has 2 aliphatic rings. The minimum atomic E-state index is -0.732. The van der Waals surface area contributed by atoms with Crippen LogP contribution in [0.2, 0.25) is 0 Å². The monoisotopic (exact) mass is 502 g/mol. The number of carbonyl (C=O) groups is 1. The van der Waals surface area contributed by atoms with Gasteiger partial charge in [-0.15, -0.1) is 0 Å². The summed E-state index contributed by atoms with van der Waals surface area (Å²) in [6, 6.07) is 13.8. The molecular weight excluding hydrogens is 468 g/mol. The number of aromatic nitrogens is 2. The van der Waals surface area contributed by atoms with Crippen LogP contribution in [0.3, 0.4) is 0 Å². The third-order valence-electron chi connectivity index (χ3n) is 7.24. The predicted octanol–water partition coefficient (Wildman–Crippen LogP) is 2.04. The summed E-state index contributed by atoms with van der Waals surface area (Å²) >= 11 is 0.